The van der Waals surface area contributed by atoms with Crippen molar-refractivity contribution in [3.05, 3.63) is 67.9 Å². The lowest BCUT2D eigenvalue weighted by Crippen LogP contribution is -2.35. The normalized spacial score (nSPS) is 17.9. The Morgan fingerprint density at radius 1 is 1.18 bits per heavy atom. The number of benzene rings is 1. The average Bonchev–Trinajstić information content (AvgIpc) is 3.13. The van der Waals surface area contributed by atoms with Gasteiger partial charge in [-0.15, -0.1) is 0 Å². The molecule has 1 aromatic carbocycles. The molecule has 1 amide bonds. The first-order chi connectivity index (χ1) is 13.3. The number of hydrogen-bond donors (Lipinski definition) is 1. The van der Waals surface area contributed by atoms with Gasteiger partial charge in [-0.3, -0.25) is 15.1 Å². The van der Waals surface area contributed by atoms with Crippen molar-refractivity contribution >= 4 is 58.0 Å². The summed E-state index contributed by atoms with van der Waals surface area (Å²) in [6.07, 6.45) is 3.54. The van der Waals surface area contributed by atoms with Crippen LogP contribution in [0.25, 0.3) is 11.8 Å². The van der Waals surface area contributed by atoms with Crippen molar-refractivity contribution in [2.24, 2.45) is 4.99 Å². The Labute approximate surface area is 176 Å². The van der Waals surface area contributed by atoms with Gasteiger partial charge in [-0.25, -0.2) is 0 Å². The van der Waals surface area contributed by atoms with E-state index in [0.717, 1.165) is 27.5 Å². The minimum Gasteiger partial charge on any atom is -0.316 e. The Kier molecular flexibility index (Phi) is 4.73. The number of amides is 1. The molecule has 2 aliphatic rings. The summed E-state index contributed by atoms with van der Waals surface area (Å²) in [5.74, 6) is -0.276. The predicted octanol–water partition coefficient (Wildman–Crippen LogP) is 5.57. The molecular weight excluding hydrogens is 415 g/mol. The van der Waals surface area contributed by atoms with Gasteiger partial charge in [0.1, 0.15) is 5.84 Å². The Bertz CT molecular complexity index is 1140. The smallest absolute Gasteiger partial charge is 0.283 e. The fraction of sp³-hybridized carbons (Fsp3) is 0.150. The number of nitrogens with zero attached hydrogens (tertiary/aromatic N) is 3. The standard InChI is InChI=1S/C20H16Cl2N4OS/c1-10-6-13(12(3)26(10)17-8-14(21)4-5-16(17)22)7-15-18(23)25-9-11(2)28-20(25)24-19(15)27/h4-9,23H,1-3H3. The first-order valence-corrected chi connectivity index (χ1v) is 10.1. The van der Waals surface area contributed by atoms with Gasteiger partial charge in [0, 0.05) is 27.5 Å². The summed E-state index contributed by atoms with van der Waals surface area (Å²) in [6.45, 7) is 5.83. The number of carbonyl (C=O) groups is 1. The molecule has 2 aliphatic heterocycles. The van der Waals surface area contributed by atoms with E-state index in [1.807, 2.05) is 37.6 Å². The van der Waals surface area contributed by atoms with Crippen LogP contribution in [-0.2, 0) is 4.79 Å². The number of rotatable bonds is 2. The van der Waals surface area contributed by atoms with Crippen LogP contribution < -0.4 is 0 Å². The number of fused-ring (bicyclic) bond motifs is 1. The monoisotopic (exact) mass is 430 g/mol. The van der Waals surface area contributed by atoms with E-state index >= 15 is 0 Å². The third-order valence-electron chi connectivity index (χ3n) is 4.61. The minimum atomic E-state index is -0.405. The molecule has 8 heteroatoms. The summed E-state index contributed by atoms with van der Waals surface area (Å²) in [4.78, 5) is 19.3. The van der Waals surface area contributed by atoms with Crippen molar-refractivity contribution in [2.75, 3.05) is 0 Å². The van der Waals surface area contributed by atoms with Gasteiger partial charge in [-0.05, 0) is 56.7 Å². The molecule has 0 saturated carbocycles. The molecule has 1 N–H and O–H groups in total. The number of allylic oxidation sites excluding steroid dienone is 1. The van der Waals surface area contributed by atoms with Crippen LogP contribution >= 0.6 is 35.0 Å². The molecule has 0 bridgehead atoms. The van der Waals surface area contributed by atoms with Crippen LogP contribution in [0.2, 0.25) is 10.0 Å². The maximum absolute atomic E-state index is 12.5. The van der Waals surface area contributed by atoms with Crippen LogP contribution in [0.15, 0.2) is 45.9 Å². The van der Waals surface area contributed by atoms with E-state index in [0.29, 0.717) is 15.2 Å². The molecular formula is C20H16Cl2N4OS. The number of aromatic nitrogens is 1. The molecule has 2 aromatic rings. The minimum absolute atomic E-state index is 0.130. The summed E-state index contributed by atoms with van der Waals surface area (Å²) in [5, 5.41) is 10.2. The van der Waals surface area contributed by atoms with Crippen LogP contribution in [0.4, 0.5) is 0 Å². The van der Waals surface area contributed by atoms with Crippen molar-refractivity contribution in [1.29, 1.82) is 5.41 Å². The predicted molar refractivity (Wildman–Crippen MR) is 117 cm³/mol. The molecule has 0 aliphatic carbocycles. The average molecular weight is 431 g/mol. The molecule has 0 atom stereocenters. The van der Waals surface area contributed by atoms with E-state index in [-0.39, 0.29) is 11.4 Å². The van der Waals surface area contributed by atoms with Crippen molar-refractivity contribution in [3.8, 4) is 5.69 Å². The van der Waals surface area contributed by atoms with E-state index in [9.17, 15) is 4.79 Å². The number of hydrogen-bond acceptors (Lipinski definition) is 3. The number of nitrogens with one attached hydrogen (secondary N) is 1. The molecule has 3 heterocycles. The molecule has 0 unspecified atom stereocenters. The molecule has 142 valence electrons. The third-order valence-corrected chi connectivity index (χ3v) is 6.06. The zero-order valence-corrected chi connectivity index (χ0v) is 17.7. The number of amidine groups is 2. The molecule has 0 saturated heterocycles. The maximum atomic E-state index is 12.5. The molecule has 5 nitrogen and oxygen atoms in total. The fourth-order valence-electron chi connectivity index (χ4n) is 3.32. The van der Waals surface area contributed by atoms with Gasteiger partial charge in [0.15, 0.2) is 5.17 Å². The first-order valence-electron chi connectivity index (χ1n) is 8.50. The largest absolute Gasteiger partial charge is 0.316 e. The van der Waals surface area contributed by atoms with Crippen LogP contribution in [-0.4, -0.2) is 26.4 Å². The van der Waals surface area contributed by atoms with Gasteiger partial charge in [0.2, 0.25) is 0 Å². The van der Waals surface area contributed by atoms with E-state index < -0.39 is 5.91 Å². The summed E-state index contributed by atoms with van der Waals surface area (Å²) in [5.41, 5.74) is 3.70. The van der Waals surface area contributed by atoms with Crippen LogP contribution in [0.5, 0.6) is 0 Å². The summed E-state index contributed by atoms with van der Waals surface area (Å²) in [7, 11) is 0. The number of aliphatic imine (C=N–C) groups is 1. The maximum Gasteiger partial charge on any atom is 0.283 e. The number of carbonyl (C=O) groups excluding carboxylic acids is 1. The zero-order valence-electron chi connectivity index (χ0n) is 15.4. The van der Waals surface area contributed by atoms with E-state index in [4.69, 9.17) is 28.6 Å². The summed E-state index contributed by atoms with van der Waals surface area (Å²) >= 11 is 13.9. The summed E-state index contributed by atoms with van der Waals surface area (Å²) < 4.78 is 1.99. The molecule has 0 spiro atoms. The third kappa shape index (κ3) is 3.11. The number of aryl methyl sites for hydroxylation is 1. The second-order valence-electron chi connectivity index (χ2n) is 6.58. The van der Waals surface area contributed by atoms with Crippen molar-refractivity contribution in [2.45, 2.75) is 20.8 Å². The van der Waals surface area contributed by atoms with Gasteiger partial charge in [-0.2, -0.15) is 4.99 Å². The Morgan fingerprint density at radius 2 is 1.93 bits per heavy atom. The Morgan fingerprint density at radius 3 is 2.68 bits per heavy atom. The van der Waals surface area contributed by atoms with Crippen molar-refractivity contribution in [1.82, 2.24) is 9.47 Å². The van der Waals surface area contributed by atoms with E-state index in [2.05, 4.69) is 4.99 Å². The molecule has 4 rings (SSSR count). The topological polar surface area (TPSA) is 61.5 Å². The summed E-state index contributed by atoms with van der Waals surface area (Å²) in [6, 6.07) is 7.26. The van der Waals surface area contributed by atoms with Gasteiger partial charge in [0.05, 0.1) is 16.3 Å². The van der Waals surface area contributed by atoms with Crippen LogP contribution in [0.3, 0.4) is 0 Å². The SMILES string of the molecule is CC1=CN2C(=N)C(=Cc3cc(C)n(-c4cc(Cl)ccc4Cl)c3C)C(=O)N=C2S1. The second-order valence-corrected chi connectivity index (χ2v) is 8.63. The van der Waals surface area contributed by atoms with E-state index in [1.165, 1.54) is 11.8 Å². The van der Waals surface area contributed by atoms with E-state index in [1.54, 1.807) is 29.2 Å². The molecule has 0 fully saturated rings. The second kappa shape index (κ2) is 6.95. The molecule has 0 radical (unpaired) electrons. The molecule has 1 aromatic heterocycles. The lowest BCUT2D eigenvalue weighted by Gasteiger charge is -2.22. The van der Waals surface area contributed by atoms with Crippen LogP contribution in [0.1, 0.15) is 23.9 Å². The lowest BCUT2D eigenvalue weighted by atomic mass is 10.1. The fourth-order valence-corrected chi connectivity index (χ4v) is 4.50. The Balaban J connectivity index is 1.81. The zero-order chi connectivity index (χ0) is 20.2. The quantitative estimate of drug-likeness (QED) is 0.633. The van der Waals surface area contributed by atoms with Crippen LogP contribution in [0, 0.1) is 19.3 Å². The lowest BCUT2D eigenvalue weighted by molar-refractivity contribution is -0.114. The van der Waals surface area contributed by atoms with Gasteiger partial charge < -0.3 is 4.57 Å². The van der Waals surface area contributed by atoms with Gasteiger partial charge in [-0.1, -0.05) is 35.0 Å². The molecule has 28 heavy (non-hydrogen) atoms. The highest BCUT2D eigenvalue weighted by Crippen LogP contribution is 2.34. The number of thioether (sulfide) groups is 1. The number of halogens is 2. The highest BCUT2D eigenvalue weighted by molar-refractivity contribution is 8.17. The Hall–Kier alpha value is -2.28. The first kappa shape index (κ1) is 19.1. The van der Waals surface area contributed by atoms with Gasteiger partial charge in [0.25, 0.3) is 5.91 Å². The highest BCUT2D eigenvalue weighted by atomic mass is 35.5. The van der Waals surface area contributed by atoms with Gasteiger partial charge >= 0.3 is 0 Å². The van der Waals surface area contributed by atoms with Crippen molar-refractivity contribution < 1.29 is 4.79 Å². The van der Waals surface area contributed by atoms with Crippen molar-refractivity contribution in [3.63, 3.8) is 0 Å². The highest BCUT2D eigenvalue weighted by Gasteiger charge is 2.33.